The molecule has 0 aliphatic carbocycles. The molecule has 0 spiro atoms. The molecule has 9 heteroatoms. The van der Waals surface area contributed by atoms with Crippen molar-refractivity contribution >= 4 is 28.2 Å². The average molecular weight is 479 g/mol. The first kappa shape index (κ1) is 21.5. The van der Waals surface area contributed by atoms with Crippen molar-refractivity contribution in [3.8, 4) is 22.3 Å². The van der Waals surface area contributed by atoms with E-state index < -0.39 is 0 Å². The number of rotatable bonds is 5. The van der Waals surface area contributed by atoms with Crippen LogP contribution in [0.3, 0.4) is 0 Å². The Hall–Kier alpha value is -5.05. The molecular formula is C27H19F2N7. The van der Waals surface area contributed by atoms with Gasteiger partial charge in [0.15, 0.2) is 5.49 Å². The highest BCUT2D eigenvalue weighted by atomic mass is 19.1. The van der Waals surface area contributed by atoms with Crippen molar-refractivity contribution in [1.29, 1.82) is 0 Å². The van der Waals surface area contributed by atoms with Gasteiger partial charge in [0, 0.05) is 46.7 Å². The summed E-state index contributed by atoms with van der Waals surface area (Å²) in [5, 5.41) is 4.81. The molecule has 4 heterocycles. The summed E-state index contributed by atoms with van der Waals surface area (Å²) in [7, 11) is 0. The van der Waals surface area contributed by atoms with Crippen LogP contribution in [-0.2, 0) is 0 Å². The van der Waals surface area contributed by atoms with Crippen molar-refractivity contribution in [3.05, 3.63) is 109 Å². The van der Waals surface area contributed by atoms with Crippen LogP contribution in [0, 0.1) is 11.6 Å². The van der Waals surface area contributed by atoms with Gasteiger partial charge in [-0.15, -0.1) is 0 Å². The summed E-state index contributed by atoms with van der Waals surface area (Å²) in [4.78, 5) is 22.9. The van der Waals surface area contributed by atoms with E-state index in [0.717, 1.165) is 33.0 Å². The molecule has 7 nitrogen and oxygen atoms in total. The first-order valence-electron chi connectivity index (χ1n) is 11.1. The van der Waals surface area contributed by atoms with Gasteiger partial charge in [-0.2, -0.15) is 0 Å². The van der Waals surface area contributed by atoms with E-state index in [-0.39, 0.29) is 11.6 Å². The van der Waals surface area contributed by atoms with E-state index >= 15 is 0 Å². The molecule has 0 saturated heterocycles. The number of anilines is 2. The normalized spacial score (nSPS) is 11.8. The van der Waals surface area contributed by atoms with Crippen molar-refractivity contribution in [3.63, 3.8) is 0 Å². The minimum absolute atomic E-state index is 0.290. The zero-order chi connectivity index (χ0) is 24.5. The minimum Gasteiger partial charge on any atom is -0.366 e. The molecule has 2 aromatic carbocycles. The number of hydrogen-bond donors (Lipinski definition) is 4. The van der Waals surface area contributed by atoms with Gasteiger partial charge in [-0.1, -0.05) is 24.3 Å². The van der Waals surface area contributed by atoms with Gasteiger partial charge >= 0.3 is 0 Å². The van der Waals surface area contributed by atoms with Gasteiger partial charge in [0.05, 0.1) is 0 Å². The van der Waals surface area contributed by atoms with Gasteiger partial charge in [0.25, 0.3) is 0 Å². The first-order chi connectivity index (χ1) is 17.6. The van der Waals surface area contributed by atoms with Gasteiger partial charge < -0.3 is 20.3 Å². The molecule has 0 atom stereocenters. The number of fused-ring (bicyclic) bond motifs is 1. The summed E-state index contributed by atoms with van der Waals surface area (Å²) in [5.41, 5.74) is 3.65. The molecule has 0 aliphatic rings. The van der Waals surface area contributed by atoms with Crippen molar-refractivity contribution < 1.29 is 8.78 Å². The predicted octanol–water partition coefficient (Wildman–Crippen LogP) is 6.20. The molecule has 0 radical (unpaired) electrons. The lowest BCUT2D eigenvalue weighted by Gasteiger charge is -2.01. The topological polar surface area (TPSA) is 97.5 Å². The molecular weight excluding hydrogens is 460 g/mol. The minimum atomic E-state index is -0.297. The van der Waals surface area contributed by atoms with Crippen LogP contribution in [0.1, 0.15) is 0 Å². The Balaban J connectivity index is 1.34. The summed E-state index contributed by atoms with van der Waals surface area (Å²) in [6, 6.07) is 16.5. The van der Waals surface area contributed by atoms with E-state index in [1.807, 2.05) is 30.5 Å². The van der Waals surface area contributed by atoms with Crippen molar-refractivity contribution in [1.82, 2.24) is 24.9 Å². The van der Waals surface area contributed by atoms with Crippen LogP contribution >= 0.6 is 0 Å². The van der Waals surface area contributed by atoms with E-state index in [1.165, 1.54) is 30.6 Å². The van der Waals surface area contributed by atoms with Crippen LogP contribution in [-0.4, -0.2) is 24.9 Å². The number of H-pyrrole nitrogens is 3. The number of aromatic amines is 3. The molecule has 0 bridgehead atoms. The summed E-state index contributed by atoms with van der Waals surface area (Å²) in [5.74, 6) is 1.25. The third kappa shape index (κ3) is 4.25. The number of nitrogens with one attached hydrogen (secondary N) is 4. The highest BCUT2D eigenvalue weighted by Crippen LogP contribution is 2.27. The first-order valence-corrected chi connectivity index (χ1v) is 11.1. The molecule has 0 amide bonds. The molecule has 4 N–H and O–H groups in total. The largest absolute Gasteiger partial charge is 0.366 e. The van der Waals surface area contributed by atoms with Crippen LogP contribution in [0.2, 0.25) is 0 Å². The molecule has 0 fully saturated rings. The summed E-state index contributed by atoms with van der Waals surface area (Å²) >= 11 is 0. The monoisotopic (exact) mass is 479 g/mol. The van der Waals surface area contributed by atoms with Crippen molar-refractivity contribution in [2.75, 3.05) is 5.32 Å². The standard InChI is InChI=1S/C27H19F2N7/c28-20-5-1-3-16(7-20)18-9-24(31-11-18)35-26-22-13-30-14-23(22)27(34-15-33-26)36-25-10-19(12-32-25)17-4-2-6-21(29)8-17/h1-15,30-32H,(H,33,34,35,36). The van der Waals surface area contributed by atoms with Crippen LogP contribution in [0.4, 0.5) is 26.2 Å². The second-order valence-electron chi connectivity index (χ2n) is 8.16. The summed E-state index contributed by atoms with van der Waals surface area (Å²) in [6.07, 6.45) is 8.63. The lowest BCUT2D eigenvalue weighted by atomic mass is 10.1. The molecule has 36 heavy (non-hydrogen) atoms. The molecule has 6 aromatic rings. The third-order valence-corrected chi connectivity index (χ3v) is 5.75. The number of halogens is 2. The lowest BCUT2D eigenvalue weighted by molar-refractivity contribution is 0.628. The zero-order valence-electron chi connectivity index (χ0n) is 18.8. The Kier molecular flexibility index (Phi) is 5.34. The third-order valence-electron chi connectivity index (χ3n) is 5.75. The highest BCUT2D eigenvalue weighted by molar-refractivity contribution is 5.91. The van der Waals surface area contributed by atoms with Gasteiger partial charge in [-0.05, 0) is 47.5 Å². The van der Waals surface area contributed by atoms with E-state index in [1.54, 1.807) is 30.7 Å². The van der Waals surface area contributed by atoms with Gasteiger partial charge in [0.2, 0.25) is 0 Å². The smallest absolute Gasteiger partial charge is 0.165 e. The Labute approximate surface area is 203 Å². The maximum Gasteiger partial charge on any atom is 0.165 e. The summed E-state index contributed by atoms with van der Waals surface area (Å²) < 4.78 is 27.2. The molecule has 176 valence electrons. The van der Waals surface area contributed by atoms with Gasteiger partial charge in [-0.25, -0.2) is 23.7 Å². The van der Waals surface area contributed by atoms with E-state index in [2.05, 4.69) is 35.2 Å². The maximum atomic E-state index is 13.6. The summed E-state index contributed by atoms with van der Waals surface area (Å²) in [6.45, 7) is 0. The van der Waals surface area contributed by atoms with Crippen LogP contribution in [0.25, 0.3) is 33.0 Å². The molecule has 0 saturated carbocycles. The number of aromatic nitrogens is 5. The Morgan fingerprint density at radius 3 is 2.14 bits per heavy atom. The average Bonchev–Trinajstić information content (AvgIpc) is 3.62. The van der Waals surface area contributed by atoms with Crippen molar-refractivity contribution in [2.45, 2.75) is 0 Å². The fraction of sp³-hybridized carbons (Fsp3) is 0. The Morgan fingerprint density at radius 2 is 1.39 bits per heavy atom. The maximum absolute atomic E-state index is 13.6. The zero-order valence-corrected chi connectivity index (χ0v) is 18.8. The SMILES string of the molecule is Fc1cccc(-c2c[nH]c(/N=c3\ncnc(Nc4cc(-c5cccc(F)c5)c[nH]4)c4c[nH]cc34)c2)c1. The van der Waals surface area contributed by atoms with Gasteiger partial charge in [-0.3, -0.25) is 0 Å². The van der Waals surface area contributed by atoms with E-state index in [9.17, 15) is 8.78 Å². The van der Waals surface area contributed by atoms with E-state index in [4.69, 9.17) is 0 Å². The molecule has 0 aliphatic heterocycles. The fourth-order valence-electron chi connectivity index (χ4n) is 4.04. The highest BCUT2D eigenvalue weighted by Gasteiger charge is 2.09. The van der Waals surface area contributed by atoms with Crippen LogP contribution < -0.4 is 10.8 Å². The van der Waals surface area contributed by atoms with Crippen LogP contribution in [0.5, 0.6) is 0 Å². The molecule has 6 rings (SSSR count). The Bertz CT molecular complexity index is 1760. The number of hydrogen-bond acceptors (Lipinski definition) is 4. The molecule has 4 aromatic heterocycles. The van der Waals surface area contributed by atoms with E-state index in [0.29, 0.717) is 22.9 Å². The number of benzene rings is 2. The fourth-order valence-corrected chi connectivity index (χ4v) is 4.04. The second kappa shape index (κ2) is 8.95. The Morgan fingerprint density at radius 1 is 0.694 bits per heavy atom. The predicted molar refractivity (Wildman–Crippen MR) is 135 cm³/mol. The second-order valence-corrected chi connectivity index (χ2v) is 8.16. The quantitative estimate of drug-likeness (QED) is 0.237. The lowest BCUT2D eigenvalue weighted by Crippen LogP contribution is -2.03. The molecule has 0 unspecified atom stereocenters. The van der Waals surface area contributed by atoms with Crippen molar-refractivity contribution in [2.24, 2.45) is 4.99 Å². The number of nitrogens with zero attached hydrogens (tertiary/aromatic N) is 3. The van der Waals surface area contributed by atoms with Gasteiger partial charge in [0.1, 0.15) is 35.4 Å². The van der Waals surface area contributed by atoms with Crippen LogP contribution in [0.15, 0.2) is 96.8 Å².